The van der Waals surface area contributed by atoms with Crippen molar-refractivity contribution in [2.45, 2.75) is 26.2 Å². The second-order valence-electron chi connectivity index (χ2n) is 2.11. The Morgan fingerprint density at radius 1 is 1.30 bits per heavy atom. The number of carbonyl (C=O) groups excluding carboxylic acids is 2. The monoisotopic (exact) mass is 144 g/mol. The Bertz CT molecular complexity index is 129. The highest BCUT2D eigenvalue weighted by Gasteiger charge is 2.09. The van der Waals surface area contributed by atoms with Gasteiger partial charge in [-0.2, -0.15) is 0 Å². The lowest BCUT2D eigenvalue weighted by Crippen LogP contribution is -2.16. The van der Waals surface area contributed by atoms with Crippen molar-refractivity contribution in [2.75, 3.05) is 6.61 Å². The summed E-state index contributed by atoms with van der Waals surface area (Å²) in [6, 6.07) is 0. The predicted octanol–water partition coefficient (Wildman–Crippen LogP) is 0.307. The van der Waals surface area contributed by atoms with Gasteiger partial charge in [0, 0.05) is 6.42 Å². The Hall–Kier alpha value is -0.700. The van der Waals surface area contributed by atoms with Gasteiger partial charge < -0.3 is 5.11 Å². The van der Waals surface area contributed by atoms with Crippen molar-refractivity contribution >= 4 is 11.6 Å². The fraction of sp³-hybridized carbons (Fsp3) is 0.714. The van der Waals surface area contributed by atoms with E-state index in [1.807, 2.05) is 6.92 Å². The average molecular weight is 144 g/mol. The van der Waals surface area contributed by atoms with Gasteiger partial charge in [0.05, 0.1) is 0 Å². The summed E-state index contributed by atoms with van der Waals surface area (Å²) in [7, 11) is 0. The Kier molecular flexibility index (Phi) is 4.76. The van der Waals surface area contributed by atoms with Crippen LogP contribution in [0.25, 0.3) is 0 Å². The molecule has 0 aliphatic carbocycles. The third-order valence-electron chi connectivity index (χ3n) is 1.21. The third-order valence-corrected chi connectivity index (χ3v) is 1.21. The molecule has 1 N–H and O–H groups in total. The van der Waals surface area contributed by atoms with Crippen LogP contribution in [0.5, 0.6) is 0 Å². The highest BCUT2D eigenvalue weighted by molar-refractivity contribution is 6.37. The third kappa shape index (κ3) is 3.35. The summed E-state index contributed by atoms with van der Waals surface area (Å²) in [5, 5.41) is 8.23. The lowest BCUT2D eigenvalue weighted by molar-refractivity contribution is -0.138. The predicted molar refractivity (Wildman–Crippen MR) is 36.6 cm³/mol. The minimum Gasteiger partial charge on any atom is -0.388 e. The molecular weight excluding hydrogens is 132 g/mol. The summed E-state index contributed by atoms with van der Waals surface area (Å²) >= 11 is 0. The molecule has 0 radical (unpaired) electrons. The first-order valence-electron chi connectivity index (χ1n) is 3.39. The number of hydrogen-bond donors (Lipinski definition) is 1. The molecule has 0 spiro atoms. The SMILES string of the molecule is CCCCC(=O)C(=O)CO. The Morgan fingerprint density at radius 2 is 1.90 bits per heavy atom. The van der Waals surface area contributed by atoms with Crippen molar-refractivity contribution in [2.24, 2.45) is 0 Å². The maximum absolute atomic E-state index is 10.6. The van der Waals surface area contributed by atoms with Crippen molar-refractivity contribution in [1.29, 1.82) is 0 Å². The second kappa shape index (κ2) is 5.11. The van der Waals surface area contributed by atoms with Crippen LogP contribution in [-0.4, -0.2) is 23.3 Å². The summed E-state index contributed by atoms with van der Waals surface area (Å²) in [4.78, 5) is 21.0. The van der Waals surface area contributed by atoms with E-state index in [1.165, 1.54) is 0 Å². The van der Waals surface area contributed by atoms with E-state index in [9.17, 15) is 9.59 Å². The number of Topliss-reactive ketones (excluding diaryl/α,β-unsaturated/α-hetero) is 2. The van der Waals surface area contributed by atoms with Gasteiger partial charge >= 0.3 is 0 Å². The molecule has 58 valence electrons. The summed E-state index contributed by atoms with van der Waals surface area (Å²) in [6.45, 7) is 1.29. The number of rotatable bonds is 5. The molecule has 0 amide bonds. The van der Waals surface area contributed by atoms with E-state index in [0.29, 0.717) is 0 Å². The van der Waals surface area contributed by atoms with Crippen LogP contribution in [0.2, 0.25) is 0 Å². The molecule has 0 aromatic rings. The van der Waals surface area contributed by atoms with E-state index in [2.05, 4.69) is 0 Å². The normalized spacial score (nSPS) is 9.40. The fourth-order valence-electron chi connectivity index (χ4n) is 0.565. The first kappa shape index (κ1) is 9.30. The summed E-state index contributed by atoms with van der Waals surface area (Å²) in [5.74, 6) is -1.13. The first-order chi connectivity index (χ1) is 4.72. The van der Waals surface area contributed by atoms with Crippen LogP contribution in [0, 0.1) is 0 Å². The van der Waals surface area contributed by atoms with Crippen LogP contribution >= 0.6 is 0 Å². The minimum absolute atomic E-state index is 0.274. The van der Waals surface area contributed by atoms with Crippen molar-refractivity contribution in [3.8, 4) is 0 Å². The number of ketones is 2. The Balaban J connectivity index is 3.52. The van der Waals surface area contributed by atoms with Crippen LogP contribution in [0.3, 0.4) is 0 Å². The molecule has 3 nitrogen and oxygen atoms in total. The molecule has 0 atom stereocenters. The zero-order chi connectivity index (χ0) is 7.98. The molecule has 0 bridgehead atoms. The molecule has 0 aromatic heterocycles. The molecule has 0 aliphatic heterocycles. The van der Waals surface area contributed by atoms with Gasteiger partial charge in [0.15, 0.2) is 0 Å². The van der Waals surface area contributed by atoms with E-state index in [4.69, 9.17) is 5.11 Å². The van der Waals surface area contributed by atoms with E-state index in [-0.39, 0.29) is 6.42 Å². The van der Waals surface area contributed by atoms with Crippen molar-refractivity contribution in [3.63, 3.8) is 0 Å². The Labute approximate surface area is 60.0 Å². The zero-order valence-electron chi connectivity index (χ0n) is 6.09. The van der Waals surface area contributed by atoms with Crippen molar-refractivity contribution in [1.82, 2.24) is 0 Å². The van der Waals surface area contributed by atoms with Gasteiger partial charge in [-0.05, 0) is 6.42 Å². The molecule has 0 rings (SSSR count). The highest BCUT2D eigenvalue weighted by atomic mass is 16.3. The summed E-state index contributed by atoms with van der Waals surface area (Å²) in [6.07, 6.45) is 1.89. The second-order valence-corrected chi connectivity index (χ2v) is 2.11. The van der Waals surface area contributed by atoms with Crippen LogP contribution < -0.4 is 0 Å². The van der Waals surface area contributed by atoms with E-state index in [1.54, 1.807) is 0 Å². The van der Waals surface area contributed by atoms with Gasteiger partial charge in [-0.15, -0.1) is 0 Å². The molecule has 10 heavy (non-hydrogen) atoms. The molecule has 0 saturated heterocycles. The molecule has 0 aromatic carbocycles. The van der Waals surface area contributed by atoms with Crippen molar-refractivity contribution in [3.05, 3.63) is 0 Å². The number of hydrogen-bond acceptors (Lipinski definition) is 3. The van der Waals surface area contributed by atoms with Crippen LogP contribution in [0.15, 0.2) is 0 Å². The molecule has 3 heteroatoms. The van der Waals surface area contributed by atoms with Gasteiger partial charge in [0.2, 0.25) is 11.6 Å². The van der Waals surface area contributed by atoms with Crippen LogP contribution in [0.4, 0.5) is 0 Å². The van der Waals surface area contributed by atoms with Gasteiger partial charge in [0.1, 0.15) is 6.61 Å². The highest BCUT2D eigenvalue weighted by Crippen LogP contribution is 1.95. The van der Waals surface area contributed by atoms with Crippen LogP contribution in [0.1, 0.15) is 26.2 Å². The topological polar surface area (TPSA) is 54.4 Å². The Morgan fingerprint density at radius 3 is 2.30 bits per heavy atom. The average Bonchev–Trinajstić information content (AvgIpc) is 1.98. The van der Waals surface area contributed by atoms with Gasteiger partial charge in [-0.1, -0.05) is 13.3 Å². The summed E-state index contributed by atoms with van der Waals surface area (Å²) < 4.78 is 0. The first-order valence-corrected chi connectivity index (χ1v) is 3.39. The number of carbonyl (C=O) groups is 2. The smallest absolute Gasteiger partial charge is 0.223 e. The van der Waals surface area contributed by atoms with Gasteiger partial charge in [0.25, 0.3) is 0 Å². The van der Waals surface area contributed by atoms with Crippen LogP contribution in [-0.2, 0) is 9.59 Å². The van der Waals surface area contributed by atoms with E-state index >= 15 is 0 Å². The lowest BCUT2D eigenvalue weighted by atomic mass is 10.1. The maximum Gasteiger partial charge on any atom is 0.223 e. The number of unbranched alkanes of at least 4 members (excludes halogenated alkanes) is 1. The van der Waals surface area contributed by atoms with Crippen molar-refractivity contribution < 1.29 is 14.7 Å². The number of aliphatic hydroxyl groups is 1. The molecule has 0 heterocycles. The number of aliphatic hydroxyl groups excluding tert-OH is 1. The van der Waals surface area contributed by atoms with E-state index in [0.717, 1.165) is 12.8 Å². The molecule has 0 fully saturated rings. The fourth-order valence-corrected chi connectivity index (χ4v) is 0.565. The standard InChI is InChI=1S/C7H12O3/c1-2-3-4-6(9)7(10)5-8/h8H,2-5H2,1H3. The minimum atomic E-state index is -0.673. The quantitative estimate of drug-likeness (QED) is 0.565. The van der Waals surface area contributed by atoms with E-state index < -0.39 is 18.2 Å². The summed E-state index contributed by atoms with van der Waals surface area (Å²) in [5.41, 5.74) is 0. The maximum atomic E-state index is 10.6. The van der Waals surface area contributed by atoms with Gasteiger partial charge in [-0.3, -0.25) is 9.59 Å². The molecule has 0 unspecified atom stereocenters. The lowest BCUT2D eigenvalue weighted by Gasteiger charge is -1.93. The zero-order valence-corrected chi connectivity index (χ0v) is 6.09. The molecule has 0 saturated carbocycles. The van der Waals surface area contributed by atoms with Gasteiger partial charge in [-0.25, -0.2) is 0 Å². The molecular formula is C7H12O3. The largest absolute Gasteiger partial charge is 0.388 e. The molecule has 0 aliphatic rings.